The molecule has 1 unspecified atom stereocenters. The summed E-state index contributed by atoms with van der Waals surface area (Å²) in [6.45, 7) is 6.86. The summed E-state index contributed by atoms with van der Waals surface area (Å²) in [5.41, 5.74) is 3.91. The average Bonchev–Trinajstić information content (AvgIpc) is 2.76. The largest absolute Gasteiger partial charge is 0.388 e. The van der Waals surface area contributed by atoms with Crippen molar-refractivity contribution in [1.29, 1.82) is 0 Å². The summed E-state index contributed by atoms with van der Waals surface area (Å²) in [5, 5.41) is 15.6. The van der Waals surface area contributed by atoms with Crippen molar-refractivity contribution in [3.05, 3.63) is 51.8 Å². The Morgan fingerprint density at radius 1 is 1.25 bits per heavy atom. The topological polar surface area (TPSA) is 38.0 Å². The van der Waals surface area contributed by atoms with Crippen LogP contribution in [0.4, 0.5) is 0 Å². The number of aryl methyl sites for hydroxylation is 3. The van der Waals surface area contributed by atoms with Gasteiger partial charge in [0.25, 0.3) is 0 Å². The zero-order valence-corrected chi connectivity index (χ0v) is 13.0. The van der Waals surface area contributed by atoms with Crippen LogP contribution in [-0.4, -0.2) is 14.9 Å². The molecule has 0 aliphatic heterocycles. The van der Waals surface area contributed by atoms with E-state index in [1.165, 1.54) is 5.56 Å². The fourth-order valence-corrected chi connectivity index (χ4v) is 2.65. The molecule has 0 spiro atoms. The number of hydrogen-bond donors (Lipinski definition) is 1. The van der Waals surface area contributed by atoms with E-state index in [1.807, 2.05) is 49.7 Å². The zero-order valence-electron chi connectivity index (χ0n) is 12.2. The number of benzene rings is 1. The van der Waals surface area contributed by atoms with Crippen molar-refractivity contribution < 1.29 is 5.11 Å². The monoisotopic (exact) mass is 292 g/mol. The molecule has 108 valence electrons. The average molecular weight is 293 g/mol. The van der Waals surface area contributed by atoms with Crippen molar-refractivity contribution in [2.24, 2.45) is 0 Å². The fourth-order valence-electron chi connectivity index (χ4n) is 2.30. The fraction of sp³-hybridized carbons (Fsp3) is 0.438. The summed E-state index contributed by atoms with van der Waals surface area (Å²) in [5.74, 6) is 0. The maximum absolute atomic E-state index is 10.4. The van der Waals surface area contributed by atoms with Gasteiger partial charge in [0.15, 0.2) is 0 Å². The second kappa shape index (κ2) is 6.42. The van der Waals surface area contributed by atoms with E-state index in [1.54, 1.807) is 0 Å². The van der Waals surface area contributed by atoms with Gasteiger partial charge >= 0.3 is 0 Å². The molecule has 2 rings (SSSR count). The van der Waals surface area contributed by atoms with Crippen molar-refractivity contribution in [3.63, 3.8) is 0 Å². The van der Waals surface area contributed by atoms with Gasteiger partial charge in [-0.05, 0) is 25.8 Å². The Morgan fingerprint density at radius 2 is 1.90 bits per heavy atom. The maximum Gasteiger partial charge on any atom is 0.0851 e. The lowest BCUT2D eigenvalue weighted by Crippen LogP contribution is -2.09. The molecule has 0 amide bonds. The van der Waals surface area contributed by atoms with Gasteiger partial charge in [-0.2, -0.15) is 5.10 Å². The number of hydrogen-bond acceptors (Lipinski definition) is 2. The third kappa shape index (κ3) is 3.05. The second-order valence-electron chi connectivity index (χ2n) is 5.01. The summed E-state index contributed by atoms with van der Waals surface area (Å²) in [6, 6.07) is 7.94. The van der Waals surface area contributed by atoms with Crippen molar-refractivity contribution in [2.75, 3.05) is 0 Å². The molecule has 0 saturated carbocycles. The quantitative estimate of drug-likeness (QED) is 0.912. The summed E-state index contributed by atoms with van der Waals surface area (Å²) in [7, 11) is 0. The Morgan fingerprint density at radius 3 is 2.45 bits per heavy atom. The molecule has 20 heavy (non-hydrogen) atoms. The highest BCUT2D eigenvalue weighted by molar-refractivity contribution is 6.31. The Kier molecular flexibility index (Phi) is 4.84. The van der Waals surface area contributed by atoms with Crippen molar-refractivity contribution in [1.82, 2.24) is 9.78 Å². The van der Waals surface area contributed by atoms with E-state index in [2.05, 4.69) is 5.10 Å². The Labute approximate surface area is 125 Å². The molecule has 3 nitrogen and oxygen atoms in total. The molecule has 1 aromatic heterocycles. The van der Waals surface area contributed by atoms with Crippen LogP contribution in [0.2, 0.25) is 5.02 Å². The van der Waals surface area contributed by atoms with Crippen molar-refractivity contribution in [2.45, 2.75) is 46.3 Å². The van der Waals surface area contributed by atoms with Gasteiger partial charge in [-0.1, -0.05) is 48.4 Å². The number of aliphatic hydroxyl groups excluding tert-OH is 1. The van der Waals surface area contributed by atoms with E-state index in [0.29, 0.717) is 11.4 Å². The molecule has 0 bridgehead atoms. The minimum absolute atomic E-state index is 0.489. The van der Waals surface area contributed by atoms with Gasteiger partial charge in [0.2, 0.25) is 0 Å². The smallest absolute Gasteiger partial charge is 0.0851 e. The van der Waals surface area contributed by atoms with E-state index in [0.717, 1.165) is 29.9 Å². The van der Waals surface area contributed by atoms with Crippen LogP contribution < -0.4 is 0 Å². The van der Waals surface area contributed by atoms with E-state index >= 15 is 0 Å². The molecule has 1 N–H and O–H groups in total. The highest BCUT2D eigenvalue weighted by atomic mass is 35.5. The molecule has 0 saturated heterocycles. The number of aliphatic hydroxyl groups is 1. The SMILES string of the molecule is CCc1nn(CC)c(CC(O)c2ccc(C)cc2)c1Cl. The second-order valence-corrected chi connectivity index (χ2v) is 5.39. The highest BCUT2D eigenvalue weighted by Crippen LogP contribution is 2.27. The predicted molar refractivity (Wildman–Crippen MR) is 82.1 cm³/mol. The Hall–Kier alpha value is -1.32. The Bertz CT molecular complexity index is 575. The third-order valence-electron chi connectivity index (χ3n) is 3.54. The van der Waals surface area contributed by atoms with E-state index < -0.39 is 6.10 Å². The minimum Gasteiger partial charge on any atom is -0.388 e. The predicted octanol–water partition coefficient (Wildman–Crippen LogP) is 3.70. The molecule has 0 aliphatic rings. The summed E-state index contributed by atoms with van der Waals surface area (Å²) < 4.78 is 1.89. The molecule has 1 heterocycles. The highest BCUT2D eigenvalue weighted by Gasteiger charge is 2.18. The first kappa shape index (κ1) is 15.1. The van der Waals surface area contributed by atoms with Crippen LogP contribution in [0.1, 0.15) is 42.5 Å². The molecule has 4 heteroatoms. The lowest BCUT2D eigenvalue weighted by atomic mass is 10.0. The van der Waals surface area contributed by atoms with Crippen LogP contribution in [0, 0.1) is 6.92 Å². The third-order valence-corrected chi connectivity index (χ3v) is 3.98. The normalized spacial score (nSPS) is 12.7. The molecule has 1 aromatic carbocycles. The van der Waals surface area contributed by atoms with Crippen molar-refractivity contribution >= 4 is 11.6 Å². The standard InChI is InChI=1S/C16H21ClN2O/c1-4-13-16(17)14(19(5-2)18-13)10-15(20)12-8-6-11(3)7-9-12/h6-9,15,20H,4-5,10H2,1-3H3. The number of halogens is 1. The van der Waals surface area contributed by atoms with Crippen LogP contribution in [0.5, 0.6) is 0 Å². The molecule has 0 radical (unpaired) electrons. The lowest BCUT2D eigenvalue weighted by molar-refractivity contribution is 0.175. The zero-order chi connectivity index (χ0) is 14.7. The van der Waals surface area contributed by atoms with Gasteiger partial charge in [-0.3, -0.25) is 4.68 Å². The van der Waals surface area contributed by atoms with Crippen LogP contribution in [0.3, 0.4) is 0 Å². The first-order chi connectivity index (χ1) is 9.56. The van der Waals surface area contributed by atoms with Crippen LogP contribution >= 0.6 is 11.6 Å². The van der Waals surface area contributed by atoms with E-state index in [4.69, 9.17) is 11.6 Å². The van der Waals surface area contributed by atoms with Gasteiger partial charge in [-0.25, -0.2) is 0 Å². The molecule has 0 aliphatic carbocycles. The summed E-state index contributed by atoms with van der Waals surface area (Å²) in [6.07, 6.45) is 0.738. The maximum atomic E-state index is 10.4. The van der Waals surface area contributed by atoms with E-state index in [-0.39, 0.29) is 0 Å². The molecular formula is C16H21ClN2O. The summed E-state index contributed by atoms with van der Waals surface area (Å²) in [4.78, 5) is 0. The first-order valence-electron chi connectivity index (χ1n) is 7.05. The van der Waals surface area contributed by atoms with Gasteiger partial charge in [-0.15, -0.1) is 0 Å². The number of rotatable bonds is 5. The molecule has 1 atom stereocenters. The summed E-state index contributed by atoms with van der Waals surface area (Å²) >= 11 is 6.37. The molecule has 2 aromatic rings. The molecule has 0 fully saturated rings. The van der Waals surface area contributed by atoms with Gasteiger partial charge in [0.05, 0.1) is 22.5 Å². The van der Waals surface area contributed by atoms with Gasteiger partial charge in [0.1, 0.15) is 0 Å². The first-order valence-corrected chi connectivity index (χ1v) is 7.43. The Balaban J connectivity index is 2.25. The van der Waals surface area contributed by atoms with Gasteiger partial charge < -0.3 is 5.11 Å². The minimum atomic E-state index is -0.556. The lowest BCUT2D eigenvalue weighted by Gasteiger charge is -2.13. The van der Waals surface area contributed by atoms with E-state index in [9.17, 15) is 5.11 Å². The number of nitrogens with zero attached hydrogens (tertiary/aromatic N) is 2. The number of aromatic nitrogens is 2. The van der Waals surface area contributed by atoms with Gasteiger partial charge in [0, 0.05) is 13.0 Å². The van der Waals surface area contributed by atoms with Crippen LogP contribution in [0.15, 0.2) is 24.3 Å². The van der Waals surface area contributed by atoms with Crippen molar-refractivity contribution in [3.8, 4) is 0 Å². The van der Waals surface area contributed by atoms with Crippen LogP contribution in [-0.2, 0) is 19.4 Å². The van der Waals surface area contributed by atoms with Crippen LogP contribution in [0.25, 0.3) is 0 Å². The molecular weight excluding hydrogens is 272 g/mol.